The van der Waals surface area contributed by atoms with Gasteiger partial charge in [0.05, 0.1) is 12.7 Å². The highest BCUT2D eigenvalue weighted by molar-refractivity contribution is 5.91. The van der Waals surface area contributed by atoms with Crippen LogP contribution in [0.2, 0.25) is 0 Å². The fourth-order valence-electron chi connectivity index (χ4n) is 2.70. The summed E-state index contributed by atoms with van der Waals surface area (Å²) in [6, 6.07) is 10.7. The average molecular weight is 313 g/mol. The summed E-state index contributed by atoms with van der Waals surface area (Å²) in [7, 11) is 0. The van der Waals surface area contributed by atoms with Gasteiger partial charge < -0.3 is 20.0 Å². The van der Waals surface area contributed by atoms with Crippen molar-refractivity contribution in [1.82, 2.24) is 9.80 Å². The topological polar surface area (TPSA) is 79.8 Å². The Balaban J connectivity index is 1.54. The van der Waals surface area contributed by atoms with Crippen LogP contribution in [0.4, 0.5) is 5.69 Å². The first-order chi connectivity index (χ1) is 11.1. The molecule has 0 atom stereocenters. The van der Waals surface area contributed by atoms with Crippen LogP contribution >= 0.6 is 0 Å². The molecule has 1 fully saturated rings. The summed E-state index contributed by atoms with van der Waals surface area (Å²) >= 11 is 0. The molecule has 0 spiro atoms. The summed E-state index contributed by atoms with van der Waals surface area (Å²) in [6.45, 7) is 2.10. The van der Waals surface area contributed by atoms with Crippen LogP contribution in [0, 0.1) is 0 Å². The predicted octanol–water partition coefficient (Wildman–Crippen LogP) is 1.39. The van der Waals surface area contributed by atoms with Crippen molar-refractivity contribution >= 4 is 17.5 Å². The average Bonchev–Trinajstić information content (AvgIpc) is 3.09. The van der Waals surface area contributed by atoms with Gasteiger partial charge in [0, 0.05) is 31.9 Å². The van der Waals surface area contributed by atoms with Gasteiger partial charge in [-0.2, -0.15) is 0 Å². The molecule has 3 rings (SSSR count). The van der Waals surface area contributed by atoms with Crippen molar-refractivity contribution in [3.05, 3.63) is 54.0 Å². The molecule has 120 valence electrons. The van der Waals surface area contributed by atoms with E-state index in [4.69, 9.17) is 10.2 Å². The molecule has 0 radical (unpaired) electrons. The number of hydrogen-bond acceptors (Lipinski definition) is 4. The van der Waals surface area contributed by atoms with E-state index in [1.807, 2.05) is 18.2 Å². The first kappa shape index (κ1) is 15.1. The van der Waals surface area contributed by atoms with Crippen LogP contribution in [0.5, 0.6) is 0 Å². The van der Waals surface area contributed by atoms with Crippen molar-refractivity contribution in [2.45, 2.75) is 6.42 Å². The molecule has 1 saturated heterocycles. The molecule has 1 aliphatic rings. The molecular formula is C17H19N3O3. The van der Waals surface area contributed by atoms with Gasteiger partial charge in [-0.15, -0.1) is 0 Å². The number of nitrogens with two attached hydrogens (primary N) is 1. The van der Waals surface area contributed by atoms with Crippen LogP contribution in [0.25, 0.3) is 0 Å². The Labute approximate surface area is 134 Å². The summed E-state index contributed by atoms with van der Waals surface area (Å²) < 4.78 is 5.13. The lowest BCUT2D eigenvalue weighted by molar-refractivity contribution is -0.131. The molecule has 1 aromatic carbocycles. The number of carbonyl (C=O) groups excluding carboxylic acids is 2. The molecule has 2 aromatic rings. The van der Waals surface area contributed by atoms with E-state index in [2.05, 4.69) is 0 Å². The van der Waals surface area contributed by atoms with Gasteiger partial charge in [-0.05, 0) is 29.8 Å². The molecule has 0 unspecified atom stereocenters. The molecule has 1 aliphatic heterocycles. The van der Waals surface area contributed by atoms with Crippen LogP contribution in [0.15, 0.2) is 47.1 Å². The second kappa shape index (κ2) is 6.56. The van der Waals surface area contributed by atoms with Gasteiger partial charge in [-0.25, -0.2) is 0 Å². The Morgan fingerprint density at radius 3 is 2.43 bits per heavy atom. The van der Waals surface area contributed by atoms with Crippen LogP contribution < -0.4 is 5.73 Å². The number of piperazine rings is 1. The van der Waals surface area contributed by atoms with Gasteiger partial charge in [0.25, 0.3) is 5.91 Å². The zero-order valence-electron chi connectivity index (χ0n) is 12.8. The standard InChI is InChI=1S/C17H19N3O3/c18-14-4-1-3-13(11-14)12-16(21)19-6-8-20(9-7-19)17(22)15-5-2-10-23-15/h1-5,10-11H,6-9,12,18H2. The molecule has 6 nitrogen and oxygen atoms in total. The molecule has 0 aliphatic carbocycles. The third-order valence-corrected chi connectivity index (χ3v) is 3.96. The van der Waals surface area contributed by atoms with Crippen molar-refractivity contribution in [3.8, 4) is 0 Å². The highest BCUT2D eigenvalue weighted by Crippen LogP contribution is 2.12. The molecule has 2 heterocycles. The number of amides is 2. The minimum absolute atomic E-state index is 0.0562. The SMILES string of the molecule is Nc1cccc(CC(=O)N2CCN(C(=O)c3ccco3)CC2)c1. The molecule has 2 N–H and O–H groups in total. The van der Waals surface area contributed by atoms with E-state index >= 15 is 0 Å². The summed E-state index contributed by atoms with van der Waals surface area (Å²) in [6.07, 6.45) is 1.82. The summed E-state index contributed by atoms with van der Waals surface area (Å²) in [5.74, 6) is 0.267. The Kier molecular flexibility index (Phi) is 4.32. The molecule has 0 bridgehead atoms. The number of hydrogen-bond donors (Lipinski definition) is 1. The van der Waals surface area contributed by atoms with E-state index in [1.54, 1.807) is 28.0 Å². The van der Waals surface area contributed by atoms with Crippen LogP contribution in [-0.4, -0.2) is 47.8 Å². The normalized spacial score (nSPS) is 14.8. The van der Waals surface area contributed by atoms with Crippen molar-refractivity contribution < 1.29 is 14.0 Å². The zero-order chi connectivity index (χ0) is 16.2. The Morgan fingerprint density at radius 1 is 1.04 bits per heavy atom. The minimum atomic E-state index is -0.127. The summed E-state index contributed by atoms with van der Waals surface area (Å²) in [5, 5.41) is 0. The van der Waals surface area contributed by atoms with Gasteiger partial charge in [-0.3, -0.25) is 9.59 Å². The first-order valence-corrected chi connectivity index (χ1v) is 7.58. The molecule has 2 amide bonds. The summed E-state index contributed by atoms with van der Waals surface area (Å²) in [4.78, 5) is 28.0. The lowest BCUT2D eigenvalue weighted by Crippen LogP contribution is -2.50. The van der Waals surface area contributed by atoms with E-state index in [-0.39, 0.29) is 11.8 Å². The van der Waals surface area contributed by atoms with Gasteiger partial charge in [0.1, 0.15) is 0 Å². The highest BCUT2D eigenvalue weighted by Gasteiger charge is 2.25. The van der Waals surface area contributed by atoms with Crippen molar-refractivity contribution in [1.29, 1.82) is 0 Å². The molecule has 23 heavy (non-hydrogen) atoms. The number of anilines is 1. The second-order valence-electron chi connectivity index (χ2n) is 5.57. The number of furan rings is 1. The maximum atomic E-state index is 12.3. The van der Waals surface area contributed by atoms with Crippen LogP contribution in [-0.2, 0) is 11.2 Å². The molecule has 6 heteroatoms. The maximum Gasteiger partial charge on any atom is 0.289 e. The predicted molar refractivity (Wildman–Crippen MR) is 85.7 cm³/mol. The minimum Gasteiger partial charge on any atom is -0.459 e. The van der Waals surface area contributed by atoms with E-state index in [1.165, 1.54) is 6.26 Å². The largest absolute Gasteiger partial charge is 0.459 e. The number of nitrogens with zero attached hydrogens (tertiary/aromatic N) is 2. The summed E-state index contributed by atoms with van der Waals surface area (Å²) in [5.41, 5.74) is 7.30. The lowest BCUT2D eigenvalue weighted by atomic mass is 10.1. The number of benzene rings is 1. The third-order valence-electron chi connectivity index (χ3n) is 3.96. The van der Waals surface area contributed by atoms with Gasteiger partial charge in [0.15, 0.2) is 5.76 Å². The van der Waals surface area contributed by atoms with Crippen molar-refractivity contribution in [3.63, 3.8) is 0 Å². The van der Waals surface area contributed by atoms with Crippen molar-refractivity contribution in [2.75, 3.05) is 31.9 Å². The number of nitrogen functional groups attached to an aromatic ring is 1. The fraction of sp³-hybridized carbons (Fsp3) is 0.294. The number of rotatable bonds is 3. The third kappa shape index (κ3) is 3.53. The van der Waals surface area contributed by atoms with Gasteiger partial charge in [-0.1, -0.05) is 12.1 Å². The Bertz CT molecular complexity index is 689. The molecule has 1 aromatic heterocycles. The van der Waals surface area contributed by atoms with Gasteiger partial charge >= 0.3 is 0 Å². The van der Waals surface area contributed by atoms with E-state index in [9.17, 15) is 9.59 Å². The van der Waals surface area contributed by atoms with E-state index in [0.717, 1.165) is 5.56 Å². The smallest absolute Gasteiger partial charge is 0.289 e. The zero-order valence-corrected chi connectivity index (χ0v) is 12.8. The molecular weight excluding hydrogens is 294 g/mol. The quantitative estimate of drug-likeness (QED) is 0.868. The van der Waals surface area contributed by atoms with E-state index in [0.29, 0.717) is 44.0 Å². The fourth-order valence-corrected chi connectivity index (χ4v) is 2.70. The maximum absolute atomic E-state index is 12.3. The van der Waals surface area contributed by atoms with E-state index < -0.39 is 0 Å². The Morgan fingerprint density at radius 2 is 1.78 bits per heavy atom. The Hall–Kier alpha value is -2.76. The van der Waals surface area contributed by atoms with Crippen LogP contribution in [0.1, 0.15) is 16.1 Å². The van der Waals surface area contributed by atoms with Crippen molar-refractivity contribution in [2.24, 2.45) is 0 Å². The lowest BCUT2D eigenvalue weighted by Gasteiger charge is -2.34. The van der Waals surface area contributed by atoms with Crippen LogP contribution in [0.3, 0.4) is 0 Å². The highest BCUT2D eigenvalue weighted by atomic mass is 16.3. The molecule has 0 saturated carbocycles. The first-order valence-electron chi connectivity index (χ1n) is 7.58. The second-order valence-corrected chi connectivity index (χ2v) is 5.57. The van der Waals surface area contributed by atoms with Gasteiger partial charge in [0.2, 0.25) is 5.91 Å². The number of carbonyl (C=O) groups is 2. The monoisotopic (exact) mass is 313 g/mol.